The quantitative estimate of drug-likeness (QED) is 0.351. The van der Waals surface area contributed by atoms with Gasteiger partial charge in [-0.1, -0.05) is 0 Å². The molecule has 2 aromatic heterocycles. The first-order valence-corrected chi connectivity index (χ1v) is 13.9. The molecule has 1 fully saturated rings. The third-order valence-corrected chi connectivity index (χ3v) is 7.92. The number of ether oxygens (including phenoxy) is 3. The highest BCUT2D eigenvalue weighted by Gasteiger charge is 2.28. The van der Waals surface area contributed by atoms with E-state index in [1.165, 1.54) is 0 Å². The molecule has 0 unspecified atom stereocenters. The van der Waals surface area contributed by atoms with E-state index in [9.17, 15) is 9.59 Å². The van der Waals surface area contributed by atoms with Gasteiger partial charge in [-0.05, 0) is 61.9 Å². The normalized spacial score (nSPS) is 20.1. The Morgan fingerprint density at radius 3 is 2.88 bits per heavy atom. The summed E-state index contributed by atoms with van der Waals surface area (Å²) in [6, 6.07) is 7.95. The number of hydrogen-bond donors (Lipinski definition) is 3. The molecule has 3 aliphatic rings. The minimum Gasteiger partial charge on any atom is -0.497 e. The van der Waals surface area contributed by atoms with Gasteiger partial charge in [-0.15, -0.1) is 0 Å². The number of carboxylic acid groups (broad SMARTS) is 1. The summed E-state index contributed by atoms with van der Waals surface area (Å²) >= 11 is 0. The maximum Gasteiger partial charge on any atom is 0.328 e. The zero-order chi connectivity index (χ0) is 28.3. The van der Waals surface area contributed by atoms with Crippen molar-refractivity contribution in [2.75, 3.05) is 43.6 Å². The van der Waals surface area contributed by atoms with Crippen LogP contribution >= 0.6 is 0 Å². The number of hydrogen-bond acceptors (Lipinski definition) is 9. The van der Waals surface area contributed by atoms with E-state index >= 15 is 0 Å². The molecule has 4 heterocycles. The van der Waals surface area contributed by atoms with Crippen molar-refractivity contribution in [1.82, 2.24) is 15.3 Å². The highest BCUT2D eigenvalue weighted by molar-refractivity contribution is 6.01. The standard InChI is InChI=1S/C30H33N5O6/c1-39-22-12-19(4-9-27(37)38)28-23(13-22)29-25(15-32-28)40-11-10-35(29)16-18-2-5-20(6-3-18)31-14-21-7-8-24-30(33-21)34-26(36)17-41-24/h4,7-9,12-13,15,18,20,31H,2-3,5-6,10-11,14,16-17H2,1H3,(H,37,38)(H,33,34,36)/b9-4+. The minimum atomic E-state index is -1.02. The number of amides is 1. The van der Waals surface area contributed by atoms with Gasteiger partial charge in [-0.2, -0.15) is 0 Å². The average molecular weight is 560 g/mol. The van der Waals surface area contributed by atoms with Gasteiger partial charge in [0, 0.05) is 36.2 Å². The van der Waals surface area contributed by atoms with Crippen LogP contribution in [-0.2, 0) is 16.1 Å². The zero-order valence-electron chi connectivity index (χ0n) is 22.9. The number of fused-ring (bicyclic) bond motifs is 4. The number of methoxy groups -OCH3 is 1. The Bertz CT molecular complexity index is 1500. The predicted octanol–water partition coefficient (Wildman–Crippen LogP) is 3.61. The first kappa shape index (κ1) is 26.8. The number of rotatable bonds is 8. The van der Waals surface area contributed by atoms with Crippen molar-refractivity contribution < 1.29 is 28.9 Å². The molecule has 0 atom stereocenters. The third kappa shape index (κ3) is 5.90. The minimum absolute atomic E-state index is 0.0258. The summed E-state index contributed by atoms with van der Waals surface area (Å²) in [5.74, 6) is 1.80. The number of pyridine rings is 2. The molecule has 0 spiro atoms. The summed E-state index contributed by atoms with van der Waals surface area (Å²) in [5, 5.41) is 16.5. The van der Waals surface area contributed by atoms with Gasteiger partial charge >= 0.3 is 5.97 Å². The molecule has 1 aliphatic carbocycles. The Balaban J connectivity index is 1.12. The molecule has 6 rings (SSSR count). The van der Waals surface area contributed by atoms with E-state index in [2.05, 4.69) is 25.5 Å². The van der Waals surface area contributed by atoms with Crippen LogP contribution in [0.3, 0.4) is 0 Å². The van der Waals surface area contributed by atoms with Gasteiger partial charge in [0.2, 0.25) is 0 Å². The first-order chi connectivity index (χ1) is 20.0. The van der Waals surface area contributed by atoms with E-state index in [0.717, 1.165) is 67.4 Å². The summed E-state index contributed by atoms with van der Waals surface area (Å²) in [7, 11) is 1.60. The van der Waals surface area contributed by atoms with Crippen molar-refractivity contribution in [2.24, 2.45) is 5.92 Å². The zero-order valence-corrected chi connectivity index (χ0v) is 22.9. The van der Waals surface area contributed by atoms with Crippen molar-refractivity contribution in [3.8, 4) is 17.2 Å². The van der Waals surface area contributed by atoms with Gasteiger partial charge in [0.05, 0.1) is 36.7 Å². The second-order valence-electron chi connectivity index (χ2n) is 10.6. The van der Waals surface area contributed by atoms with E-state index in [1.54, 1.807) is 25.4 Å². The summed E-state index contributed by atoms with van der Waals surface area (Å²) < 4.78 is 16.9. The largest absolute Gasteiger partial charge is 0.497 e. The summed E-state index contributed by atoms with van der Waals surface area (Å²) in [6.45, 7) is 2.93. The van der Waals surface area contributed by atoms with Gasteiger partial charge in [0.1, 0.15) is 12.4 Å². The van der Waals surface area contributed by atoms with Crippen LogP contribution in [0.2, 0.25) is 0 Å². The van der Waals surface area contributed by atoms with Crippen LogP contribution < -0.4 is 29.7 Å². The van der Waals surface area contributed by atoms with Crippen LogP contribution in [-0.4, -0.2) is 66.4 Å². The Hall–Kier alpha value is -4.38. The van der Waals surface area contributed by atoms with Gasteiger partial charge in [-0.3, -0.25) is 9.78 Å². The maximum absolute atomic E-state index is 11.6. The fourth-order valence-corrected chi connectivity index (χ4v) is 5.88. The highest BCUT2D eigenvalue weighted by Crippen LogP contribution is 2.41. The lowest BCUT2D eigenvalue weighted by molar-refractivity contribution is -0.131. The van der Waals surface area contributed by atoms with E-state index in [-0.39, 0.29) is 12.5 Å². The molecule has 0 radical (unpaired) electrons. The molecule has 2 aliphatic heterocycles. The lowest BCUT2D eigenvalue weighted by atomic mass is 9.85. The Labute approximate surface area is 237 Å². The fourth-order valence-electron chi connectivity index (χ4n) is 5.88. The Kier molecular flexibility index (Phi) is 7.60. The number of carboxylic acids is 1. The lowest BCUT2D eigenvalue weighted by Crippen LogP contribution is -2.40. The molecule has 1 amide bonds. The predicted molar refractivity (Wildman–Crippen MR) is 154 cm³/mol. The highest BCUT2D eigenvalue weighted by atomic mass is 16.5. The molecule has 11 heteroatoms. The first-order valence-electron chi connectivity index (χ1n) is 13.9. The van der Waals surface area contributed by atoms with Gasteiger partial charge in [-0.25, -0.2) is 9.78 Å². The topological polar surface area (TPSA) is 135 Å². The smallest absolute Gasteiger partial charge is 0.328 e. The van der Waals surface area contributed by atoms with Crippen LogP contribution in [0, 0.1) is 5.92 Å². The van der Waals surface area contributed by atoms with Crippen LogP contribution in [0.25, 0.3) is 17.0 Å². The number of aliphatic carboxylic acids is 1. The van der Waals surface area contributed by atoms with Crippen molar-refractivity contribution in [1.29, 1.82) is 0 Å². The molecule has 3 N–H and O–H groups in total. The molecule has 1 saturated carbocycles. The van der Waals surface area contributed by atoms with Crippen LogP contribution in [0.4, 0.5) is 11.5 Å². The van der Waals surface area contributed by atoms with Crippen molar-refractivity contribution >= 4 is 40.4 Å². The van der Waals surface area contributed by atoms with Crippen LogP contribution in [0.5, 0.6) is 17.2 Å². The summed E-state index contributed by atoms with van der Waals surface area (Å²) in [5.41, 5.74) is 3.26. The molecule has 0 saturated heterocycles. The lowest BCUT2D eigenvalue weighted by Gasteiger charge is -2.37. The summed E-state index contributed by atoms with van der Waals surface area (Å²) in [6.07, 6.45) is 8.75. The van der Waals surface area contributed by atoms with E-state index < -0.39 is 5.97 Å². The number of aromatic nitrogens is 2. The van der Waals surface area contributed by atoms with E-state index in [1.807, 2.05) is 18.2 Å². The van der Waals surface area contributed by atoms with Crippen molar-refractivity contribution in [3.63, 3.8) is 0 Å². The summed E-state index contributed by atoms with van der Waals surface area (Å²) in [4.78, 5) is 34.3. The Morgan fingerprint density at radius 1 is 1.22 bits per heavy atom. The van der Waals surface area contributed by atoms with Gasteiger partial charge < -0.3 is 34.9 Å². The third-order valence-electron chi connectivity index (χ3n) is 7.92. The number of carbonyl (C=O) groups excluding carboxylic acids is 1. The molecule has 3 aromatic rings. The van der Waals surface area contributed by atoms with Crippen LogP contribution in [0.1, 0.15) is 36.9 Å². The number of nitrogens with zero attached hydrogens (tertiary/aromatic N) is 3. The van der Waals surface area contributed by atoms with Crippen molar-refractivity contribution in [2.45, 2.75) is 38.3 Å². The second-order valence-corrected chi connectivity index (χ2v) is 10.6. The SMILES string of the molecule is COc1cc(/C=C/C(=O)O)c2ncc3c(c2c1)N(CC1CCC(NCc2ccc4c(n2)NC(=O)CO4)CC1)CCO3. The maximum atomic E-state index is 11.6. The number of anilines is 2. The van der Waals surface area contributed by atoms with Gasteiger partial charge in [0.15, 0.2) is 23.9 Å². The molecule has 0 bridgehead atoms. The molecule has 214 valence electrons. The van der Waals surface area contributed by atoms with Crippen LogP contribution in [0.15, 0.2) is 36.5 Å². The average Bonchev–Trinajstić information content (AvgIpc) is 2.99. The fraction of sp³-hybridized carbons (Fsp3) is 0.400. The monoisotopic (exact) mass is 559 g/mol. The number of carbonyl (C=O) groups is 2. The van der Waals surface area contributed by atoms with Gasteiger partial charge in [0.25, 0.3) is 5.91 Å². The van der Waals surface area contributed by atoms with Crippen molar-refractivity contribution in [3.05, 3.63) is 47.8 Å². The molecule has 11 nitrogen and oxygen atoms in total. The molecule has 1 aromatic carbocycles. The Morgan fingerprint density at radius 2 is 2.07 bits per heavy atom. The molecule has 41 heavy (non-hydrogen) atoms. The van der Waals surface area contributed by atoms with E-state index in [0.29, 0.717) is 53.5 Å². The number of nitrogens with one attached hydrogen (secondary N) is 2. The number of benzene rings is 1. The molecular weight excluding hydrogens is 526 g/mol. The molecular formula is C30H33N5O6. The second kappa shape index (κ2) is 11.6. The van der Waals surface area contributed by atoms with E-state index in [4.69, 9.17) is 19.3 Å².